The molecule has 128 valence electrons. The molecule has 2 aliphatic rings. The Kier molecular flexibility index (Phi) is 4.24. The van der Waals surface area contributed by atoms with Crippen LogP contribution in [-0.4, -0.2) is 46.2 Å². The lowest BCUT2D eigenvalue weighted by Gasteiger charge is -2.22. The number of fused-ring (bicyclic) bond motifs is 1. The van der Waals surface area contributed by atoms with Gasteiger partial charge in [0.15, 0.2) is 5.75 Å². The van der Waals surface area contributed by atoms with E-state index in [1.165, 1.54) is 17.6 Å². The lowest BCUT2D eigenvalue weighted by atomic mass is 10.2. The number of pyridine rings is 1. The smallest absolute Gasteiger partial charge is 0.257 e. The monoisotopic (exact) mass is 351 g/mol. The molecule has 0 saturated carbocycles. The predicted molar refractivity (Wildman–Crippen MR) is 86.2 cm³/mol. The average Bonchev–Trinajstić information content (AvgIpc) is 3.19. The first-order valence-corrected chi connectivity index (χ1v) is 8.79. The molecule has 0 aromatic carbocycles. The molecule has 0 radical (unpaired) electrons. The van der Waals surface area contributed by atoms with Gasteiger partial charge in [-0.1, -0.05) is 0 Å². The summed E-state index contributed by atoms with van der Waals surface area (Å²) in [5.41, 5.74) is 0.375. The Bertz CT molecular complexity index is 713. The van der Waals surface area contributed by atoms with Crippen molar-refractivity contribution in [3.63, 3.8) is 0 Å². The number of nitrogens with zero attached hydrogens (tertiary/aromatic N) is 3. The number of halogens is 1. The van der Waals surface area contributed by atoms with Gasteiger partial charge in [0.2, 0.25) is 5.88 Å². The second-order valence-corrected chi connectivity index (χ2v) is 6.67. The van der Waals surface area contributed by atoms with Gasteiger partial charge >= 0.3 is 0 Å². The molecule has 2 aromatic rings. The van der Waals surface area contributed by atoms with Crippen LogP contribution >= 0.6 is 11.5 Å². The van der Waals surface area contributed by atoms with Crippen LogP contribution in [0.1, 0.15) is 19.0 Å². The first-order chi connectivity index (χ1) is 11.7. The molecule has 2 aliphatic heterocycles. The predicted octanol–water partition coefficient (Wildman–Crippen LogP) is 2.49. The Morgan fingerprint density at radius 1 is 1.42 bits per heavy atom. The maximum atomic E-state index is 14.3. The van der Waals surface area contributed by atoms with Gasteiger partial charge in [0, 0.05) is 43.1 Å². The third kappa shape index (κ3) is 3.16. The topological polar surface area (TPSA) is 56.7 Å². The van der Waals surface area contributed by atoms with E-state index in [0.717, 1.165) is 6.42 Å². The summed E-state index contributed by atoms with van der Waals surface area (Å²) in [6.07, 6.45) is 0.936. The van der Waals surface area contributed by atoms with Crippen molar-refractivity contribution in [1.82, 2.24) is 14.3 Å². The standard InChI is InChI=1S/C16H18FN3O3S/c1-10-6-11(23-15-2-5-24-19-15)8-20(10)9-13-12(17)7-14-16(18-13)22-4-3-21-14/h2,5,7,10-11H,3-4,6,8-9H2,1H3/t10-,11+/m0/s1. The maximum Gasteiger partial charge on any atom is 0.257 e. The van der Waals surface area contributed by atoms with Crippen molar-refractivity contribution in [2.24, 2.45) is 0 Å². The second-order valence-electron chi connectivity index (χ2n) is 6.01. The Hall–Kier alpha value is -1.93. The largest absolute Gasteiger partial charge is 0.484 e. The number of ether oxygens (including phenoxy) is 3. The van der Waals surface area contributed by atoms with Crippen LogP contribution in [0.5, 0.6) is 17.5 Å². The maximum absolute atomic E-state index is 14.3. The van der Waals surface area contributed by atoms with E-state index in [4.69, 9.17) is 14.2 Å². The molecule has 4 heterocycles. The summed E-state index contributed by atoms with van der Waals surface area (Å²) < 4.78 is 35.2. The van der Waals surface area contributed by atoms with Crippen LogP contribution in [-0.2, 0) is 6.54 Å². The molecule has 0 bridgehead atoms. The van der Waals surface area contributed by atoms with Gasteiger partial charge in [-0.05, 0) is 18.5 Å². The van der Waals surface area contributed by atoms with Gasteiger partial charge in [0.05, 0.1) is 5.69 Å². The fraction of sp³-hybridized carbons (Fsp3) is 0.500. The van der Waals surface area contributed by atoms with Gasteiger partial charge in [0.25, 0.3) is 5.88 Å². The van der Waals surface area contributed by atoms with Gasteiger partial charge in [-0.3, -0.25) is 4.90 Å². The molecule has 24 heavy (non-hydrogen) atoms. The molecule has 1 saturated heterocycles. The van der Waals surface area contributed by atoms with Crippen molar-refractivity contribution in [3.05, 3.63) is 29.0 Å². The zero-order valence-corrected chi connectivity index (χ0v) is 14.1. The third-order valence-corrected chi connectivity index (χ3v) is 4.82. The van der Waals surface area contributed by atoms with Crippen molar-refractivity contribution < 1.29 is 18.6 Å². The summed E-state index contributed by atoms with van der Waals surface area (Å²) in [6, 6.07) is 3.50. The minimum Gasteiger partial charge on any atom is -0.484 e. The van der Waals surface area contributed by atoms with E-state index >= 15 is 0 Å². The van der Waals surface area contributed by atoms with Gasteiger partial charge in [-0.25, -0.2) is 9.37 Å². The third-order valence-electron chi connectivity index (χ3n) is 4.28. The van der Waals surface area contributed by atoms with E-state index < -0.39 is 0 Å². The number of likely N-dealkylation sites (tertiary alicyclic amines) is 1. The van der Waals surface area contributed by atoms with Crippen LogP contribution < -0.4 is 14.2 Å². The van der Waals surface area contributed by atoms with Crippen molar-refractivity contribution >= 4 is 11.5 Å². The molecule has 2 atom stereocenters. The van der Waals surface area contributed by atoms with Crippen LogP contribution in [0.25, 0.3) is 0 Å². The molecule has 4 rings (SSSR count). The van der Waals surface area contributed by atoms with Gasteiger partial charge in [0.1, 0.15) is 25.1 Å². The highest BCUT2D eigenvalue weighted by molar-refractivity contribution is 7.03. The highest BCUT2D eigenvalue weighted by atomic mass is 32.1. The van der Waals surface area contributed by atoms with E-state index in [9.17, 15) is 4.39 Å². The molecule has 0 unspecified atom stereocenters. The number of hydrogen-bond donors (Lipinski definition) is 0. The van der Waals surface area contributed by atoms with E-state index in [-0.39, 0.29) is 18.0 Å². The highest BCUT2D eigenvalue weighted by Gasteiger charge is 2.32. The minimum atomic E-state index is -0.365. The summed E-state index contributed by atoms with van der Waals surface area (Å²) in [5.74, 6) is 1.04. The van der Waals surface area contributed by atoms with Crippen LogP contribution in [0.15, 0.2) is 17.5 Å². The molecular weight excluding hydrogens is 333 g/mol. The molecule has 0 N–H and O–H groups in total. The van der Waals surface area contributed by atoms with E-state index in [2.05, 4.69) is 21.2 Å². The minimum absolute atomic E-state index is 0.0578. The van der Waals surface area contributed by atoms with Gasteiger partial charge < -0.3 is 14.2 Å². The highest BCUT2D eigenvalue weighted by Crippen LogP contribution is 2.31. The Morgan fingerprint density at radius 2 is 2.29 bits per heavy atom. The summed E-state index contributed by atoms with van der Waals surface area (Å²) in [5, 5.41) is 1.89. The SMILES string of the molecule is C[C@H]1C[C@@H](Oc2ccsn2)CN1Cc1nc2c(cc1F)OCCO2. The van der Waals surface area contributed by atoms with Crippen LogP contribution in [0.3, 0.4) is 0 Å². The first-order valence-electron chi connectivity index (χ1n) is 7.95. The summed E-state index contributed by atoms with van der Waals surface area (Å²) in [6.45, 7) is 4.11. The number of rotatable bonds is 4. The Balaban J connectivity index is 1.45. The molecule has 1 fully saturated rings. The zero-order valence-electron chi connectivity index (χ0n) is 13.3. The van der Waals surface area contributed by atoms with E-state index in [0.29, 0.717) is 49.5 Å². The van der Waals surface area contributed by atoms with Gasteiger partial charge in [-0.15, -0.1) is 0 Å². The molecule has 0 spiro atoms. The number of hydrogen-bond acceptors (Lipinski definition) is 7. The fourth-order valence-electron chi connectivity index (χ4n) is 3.08. The molecule has 0 aliphatic carbocycles. The van der Waals surface area contributed by atoms with Crippen LogP contribution in [0.2, 0.25) is 0 Å². The van der Waals surface area contributed by atoms with Crippen molar-refractivity contribution in [2.45, 2.75) is 32.0 Å². The first kappa shape index (κ1) is 15.6. The molecule has 6 nitrogen and oxygen atoms in total. The molecule has 0 amide bonds. The second kappa shape index (κ2) is 6.52. The summed E-state index contributed by atoms with van der Waals surface area (Å²) >= 11 is 1.37. The normalized spacial score (nSPS) is 23.4. The Labute approximate surface area is 143 Å². The summed E-state index contributed by atoms with van der Waals surface area (Å²) in [4.78, 5) is 6.46. The zero-order chi connectivity index (χ0) is 16.5. The van der Waals surface area contributed by atoms with Crippen molar-refractivity contribution in [2.75, 3.05) is 19.8 Å². The van der Waals surface area contributed by atoms with Crippen molar-refractivity contribution in [3.8, 4) is 17.5 Å². The fourth-order valence-corrected chi connectivity index (χ4v) is 3.52. The van der Waals surface area contributed by atoms with Gasteiger partial charge in [-0.2, -0.15) is 4.37 Å². The van der Waals surface area contributed by atoms with Crippen molar-refractivity contribution in [1.29, 1.82) is 0 Å². The lowest BCUT2D eigenvalue weighted by Crippen LogP contribution is -2.29. The molecule has 8 heteroatoms. The summed E-state index contributed by atoms with van der Waals surface area (Å²) in [7, 11) is 0. The molecule has 2 aromatic heterocycles. The average molecular weight is 351 g/mol. The molecular formula is C16H18FN3O3S. The van der Waals surface area contributed by atoms with E-state index in [1.54, 1.807) is 0 Å². The lowest BCUT2D eigenvalue weighted by molar-refractivity contribution is 0.160. The number of aromatic nitrogens is 2. The Morgan fingerprint density at radius 3 is 3.12 bits per heavy atom. The van der Waals surface area contributed by atoms with Crippen LogP contribution in [0.4, 0.5) is 4.39 Å². The van der Waals surface area contributed by atoms with Crippen LogP contribution in [0, 0.1) is 5.82 Å². The quantitative estimate of drug-likeness (QED) is 0.844. The van der Waals surface area contributed by atoms with E-state index in [1.807, 2.05) is 11.4 Å².